The maximum absolute atomic E-state index is 13.1. The van der Waals surface area contributed by atoms with Gasteiger partial charge in [-0.1, -0.05) is 0 Å². The van der Waals surface area contributed by atoms with Crippen molar-refractivity contribution in [3.8, 4) is 5.75 Å². The highest BCUT2D eigenvalue weighted by atomic mass is 32.2. The normalized spacial score (nSPS) is 19.0. The Balaban J connectivity index is 1.82. The van der Waals surface area contributed by atoms with E-state index in [0.29, 0.717) is 18.9 Å². The molecule has 1 aliphatic heterocycles. The fourth-order valence-electron chi connectivity index (χ4n) is 2.97. The molecule has 1 saturated heterocycles. The molecule has 0 aliphatic carbocycles. The number of aromatic nitrogens is 2. The fourth-order valence-corrected chi connectivity index (χ4v) is 4.48. The number of hydrogen-bond acceptors (Lipinski definition) is 5. The van der Waals surface area contributed by atoms with E-state index in [1.54, 1.807) is 29.1 Å². The van der Waals surface area contributed by atoms with Crippen molar-refractivity contribution in [2.24, 2.45) is 7.05 Å². The number of rotatable bonds is 5. The zero-order chi connectivity index (χ0) is 18.9. The van der Waals surface area contributed by atoms with Crippen LogP contribution in [0.1, 0.15) is 31.1 Å². The molecule has 142 valence electrons. The minimum absolute atomic E-state index is 0.0376. The third kappa shape index (κ3) is 3.92. The molecule has 7 nitrogen and oxygen atoms in total. The van der Waals surface area contributed by atoms with Crippen molar-refractivity contribution in [2.75, 3.05) is 19.7 Å². The summed E-state index contributed by atoms with van der Waals surface area (Å²) < 4.78 is 40.7. The molecule has 0 spiro atoms. The lowest BCUT2D eigenvalue weighted by atomic mass is 10.2. The molecular weight excluding hydrogens is 354 g/mol. The summed E-state index contributed by atoms with van der Waals surface area (Å²) in [5, 5.41) is 4.14. The summed E-state index contributed by atoms with van der Waals surface area (Å²) in [5.74, 6) is 0.703. The molecule has 1 atom stereocenters. The van der Waals surface area contributed by atoms with Gasteiger partial charge in [-0.2, -0.15) is 9.40 Å². The Morgan fingerprint density at radius 3 is 2.73 bits per heavy atom. The Morgan fingerprint density at radius 1 is 1.35 bits per heavy atom. The molecule has 1 fully saturated rings. The number of ether oxygens (including phenoxy) is 2. The number of aryl methyl sites for hydroxylation is 2. The number of hydrogen-bond donors (Lipinski definition) is 0. The van der Waals surface area contributed by atoms with E-state index in [4.69, 9.17) is 9.47 Å². The minimum atomic E-state index is -3.59. The lowest BCUT2D eigenvalue weighted by Gasteiger charge is -2.31. The third-order valence-electron chi connectivity index (χ3n) is 4.27. The highest BCUT2D eigenvalue weighted by Gasteiger charge is 2.32. The number of sulfonamides is 1. The van der Waals surface area contributed by atoms with Gasteiger partial charge in [-0.15, -0.1) is 0 Å². The second-order valence-electron chi connectivity index (χ2n) is 6.76. The molecule has 8 heteroatoms. The maximum atomic E-state index is 13.1. The topological polar surface area (TPSA) is 73.7 Å². The Morgan fingerprint density at radius 2 is 2.12 bits per heavy atom. The zero-order valence-electron chi connectivity index (χ0n) is 15.5. The predicted octanol–water partition coefficient (Wildman–Crippen LogP) is 2.28. The van der Waals surface area contributed by atoms with Crippen LogP contribution in [0.4, 0.5) is 0 Å². The Kier molecular flexibility index (Phi) is 5.36. The van der Waals surface area contributed by atoms with Gasteiger partial charge in [0.25, 0.3) is 0 Å². The van der Waals surface area contributed by atoms with Crippen molar-refractivity contribution in [1.82, 2.24) is 14.1 Å². The van der Waals surface area contributed by atoms with Crippen LogP contribution in [-0.4, -0.2) is 48.3 Å². The minimum Gasteiger partial charge on any atom is -0.491 e. The van der Waals surface area contributed by atoms with Gasteiger partial charge >= 0.3 is 0 Å². The van der Waals surface area contributed by atoms with E-state index in [1.807, 2.05) is 34.0 Å². The van der Waals surface area contributed by atoms with Crippen LogP contribution in [0.3, 0.4) is 0 Å². The van der Waals surface area contributed by atoms with Crippen LogP contribution < -0.4 is 4.74 Å². The zero-order valence-corrected chi connectivity index (χ0v) is 16.4. The summed E-state index contributed by atoms with van der Waals surface area (Å²) in [6.07, 6.45) is 3.29. The highest BCUT2D eigenvalue weighted by Crippen LogP contribution is 2.28. The molecular formula is C18H25N3O4S. The van der Waals surface area contributed by atoms with E-state index in [-0.39, 0.29) is 23.6 Å². The van der Waals surface area contributed by atoms with Gasteiger partial charge in [0.1, 0.15) is 5.75 Å². The van der Waals surface area contributed by atoms with Gasteiger partial charge in [-0.25, -0.2) is 8.42 Å². The quantitative estimate of drug-likeness (QED) is 0.797. The maximum Gasteiger partial charge on any atom is 0.243 e. The monoisotopic (exact) mass is 379 g/mol. The molecule has 2 aromatic rings. The van der Waals surface area contributed by atoms with Crippen molar-refractivity contribution in [3.63, 3.8) is 0 Å². The van der Waals surface area contributed by atoms with Gasteiger partial charge in [0.2, 0.25) is 10.0 Å². The summed E-state index contributed by atoms with van der Waals surface area (Å²) >= 11 is 0. The average Bonchev–Trinajstić information content (AvgIpc) is 3.03. The smallest absolute Gasteiger partial charge is 0.243 e. The van der Waals surface area contributed by atoms with E-state index < -0.39 is 10.0 Å². The van der Waals surface area contributed by atoms with Crippen molar-refractivity contribution in [3.05, 3.63) is 41.7 Å². The first-order chi connectivity index (χ1) is 12.3. The van der Waals surface area contributed by atoms with E-state index in [1.165, 1.54) is 4.31 Å². The van der Waals surface area contributed by atoms with Gasteiger partial charge in [0, 0.05) is 31.9 Å². The van der Waals surface area contributed by atoms with Crippen molar-refractivity contribution in [2.45, 2.75) is 37.9 Å². The standard InChI is InChI=1S/C18H25N3O4S/c1-13(2)25-17-6-5-16(9-14(17)3)26(22,23)21-7-8-24-18(12-21)15-10-19-20(4)11-15/h5-6,9-11,13,18H,7-8,12H2,1-4H3/t18-/m1/s1. The second-order valence-corrected chi connectivity index (χ2v) is 8.70. The van der Waals surface area contributed by atoms with Crippen LogP contribution >= 0.6 is 0 Å². The molecule has 2 heterocycles. The third-order valence-corrected chi connectivity index (χ3v) is 6.13. The number of benzene rings is 1. The van der Waals surface area contributed by atoms with Crippen molar-refractivity contribution >= 4 is 10.0 Å². The second kappa shape index (κ2) is 7.38. The molecule has 1 aliphatic rings. The summed E-state index contributed by atoms with van der Waals surface area (Å²) in [7, 11) is -1.77. The molecule has 0 radical (unpaired) electrons. The average molecular weight is 379 g/mol. The Labute approximate surface area is 154 Å². The first-order valence-corrected chi connectivity index (χ1v) is 10.1. The predicted molar refractivity (Wildman–Crippen MR) is 97.6 cm³/mol. The van der Waals surface area contributed by atoms with E-state index in [2.05, 4.69) is 5.10 Å². The SMILES string of the molecule is Cc1cc(S(=O)(=O)N2CCO[C@@H](c3cnn(C)c3)C2)ccc1OC(C)C. The highest BCUT2D eigenvalue weighted by molar-refractivity contribution is 7.89. The summed E-state index contributed by atoms with van der Waals surface area (Å²) in [6.45, 7) is 6.70. The van der Waals surface area contributed by atoms with Crippen LogP contribution in [0.25, 0.3) is 0 Å². The molecule has 0 N–H and O–H groups in total. The van der Waals surface area contributed by atoms with Crippen LogP contribution in [0.15, 0.2) is 35.5 Å². The molecule has 3 rings (SSSR count). The summed E-state index contributed by atoms with van der Waals surface area (Å²) in [6, 6.07) is 5.00. The van der Waals surface area contributed by atoms with Gasteiger partial charge in [-0.3, -0.25) is 4.68 Å². The molecule has 1 aromatic heterocycles. The lowest BCUT2D eigenvalue weighted by Crippen LogP contribution is -2.42. The van der Waals surface area contributed by atoms with E-state index in [9.17, 15) is 8.42 Å². The summed E-state index contributed by atoms with van der Waals surface area (Å²) in [4.78, 5) is 0.276. The van der Waals surface area contributed by atoms with Crippen molar-refractivity contribution in [1.29, 1.82) is 0 Å². The van der Waals surface area contributed by atoms with Gasteiger partial charge in [0.05, 0.1) is 29.9 Å². The molecule has 0 bridgehead atoms. The van der Waals surface area contributed by atoms with Crippen LogP contribution in [0.2, 0.25) is 0 Å². The molecule has 0 unspecified atom stereocenters. The Hall–Kier alpha value is -1.90. The van der Waals surface area contributed by atoms with Gasteiger partial charge in [-0.05, 0) is 44.5 Å². The van der Waals surface area contributed by atoms with E-state index in [0.717, 1.165) is 11.1 Å². The Bertz CT molecular complexity index is 876. The van der Waals surface area contributed by atoms with Gasteiger partial charge < -0.3 is 9.47 Å². The van der Waals surface area contributed by atoms with Gasteiger partial charge in [0.15, 0.2) is 0 Å². The lowest BCUT2D eigenvalue weighted by molar-refractivity contribution is -0.00259. The molecule has 1 aromatic carbocycles. The fraction of sp³-hybridized carbons (Fsp3) is 0.500. The molecule has 0 saturated carbocycles. The largest absolute Gasteiger partial charge is 0.491 e. The van der Waals surface area contributed by atoms with Crippen LogP contribution in [-0.2, 0) is 21.8 Å². The first-order valence-electron chi connectivity index (χ1n) is 8.65. The van der Waals surface area contributed by atoms with E-state index >= 15 is 0 Å². The molecule has 0 amide bonds. The summed E-state index contributed by atoms with van der Waals surface area (Å²) in [5.41, 5.74) is 1.68. The number of nitrogens with zero attached hydrogens (tertiary/aromatic N) is 3. The van der Waals surface area contributed by atoms with Crippen LogP contribution in [0.5, 0.6) is 5.75 Å². The van der Waals surface area contributed by atoms with Crippen molar-refractivity contribution < 1.29 is 17.9 Å². The molecule has 26 heavy (non-hydrogen) atoms. The number of morpholine rings is 1. The first kappa shape index (κ1) is 18.9. The van der Waals surface area contributed by atoms with Crippen LogP contribution in [0, 0.1) is 6.92 Å².